The van der Waals surface area contributed by atoms with Gasteiger partial charge >= 0.3 is 37.4 Å². The summed E-state index contributed by atoms with van der Waals surface area (Å²) in [5.41, 5.74) is 0. The molecule has 0 aliphatic carbocycles. The molecular formula is CCoNS. The van der Waals surface area contributed by atoms with E-state index in [2.05, 4.69) is 32.2 Å². The summed E-state index contributed by atoms with van der Waals surface area (Å²) in [5, 5.41) is 2.00. The fraction of sp³-hybridized carbons (Fsp3) is 0. The molecule has 4 heavy (non-hydrogen) atoms. The number of hydrogen-bond acceptors (Lipinski definition) is 2. The average molecular weight is 117 g/mol. The van der Waals surface area contributed by atoms with Crippen LogP contribution in [0, 0.1) is 0 Å². The molecule has 0 amide bonds. The molecule has 0 bridgehead atoms. The number of hydrogen-bond donors (Lipinski definition) is 0. The zero-order chi connectivity index (χ0) is 3.41. The molecule has 0 aliphatic rings. The van der Waals surface area contributed by atoms with Gasteiger partial charge in [-0.15, -0.1) is 0 Å². The van der Waals surface area contributed by atoms with Crippen LogP contribution < -0.4 is 0 Å². The van der Waals surface area contributed by atoms with Gasteiger partial charge in [0.1, 0.15) is 0 Å². The molecule has 0 heterocycles. The zero-order valence-corrected chi connectivity index (χ0v) is 3.55. The standard InChI is InChI=1S/CNS.Co/c2-1-3;/q-1;+1. The molecule has 0 saturated heterocycles. The minimum atomic E-state index is 2.00. The first-order valence-corrected chi connectivity index (χ1v) is 1.45. The second kappa shape index (κ2) is 3.31. The second-order valence-electron chi connectivity index (χ2n) is 0.166. The van der Waals surface area contributed by atoms with E-state index in [-0.39, 0.29) is 0 Å². The maximum atomic E-state index is 4.06. The number of rotatable bonds is 0. The summed E-state index contributed by atoms with van der Waals surface area (Å²) >= 11 is 7.43. The third kappa shape index (κ3) is 2.31. The Morgan fingerprint density at radius 2 is 2.25 bits per heavy atom. The first-order chi connectivity index (χ1) is 1.91. The van der Waals surface area contributed by atoms with Crippen LogP contribution in [-0.2, 0) is 16.0 Å². The molecule has 0 rings (SSSR count). The second-order valence-corrected chi connectivity index (χ2v) is 0.581. The normalized spacial score (nSPS) is 4.50. The van der Waals surface area contributed by atoms with E-state index in [9.17, 15) is 0 Å². The molecule has 0 aromatic heterocycles. The Morgan fingerprint density at radius 1 is 2.00 bits per heavy atom. The molecule has 0 spiro atoms. The third-order valence-electron chi connectivity index (χ3n) is 0.0304. The Bertz CT molecular complexity index is 46.0. The summed E-state index contributed by atoms with van der Waals surface area (Å²) < 4.78 is 2.99. The fourth-order valence-electron chi connectivity index (χ4n) is 0. The summed E-state index contributed by atoms with van der Waals surface area (Å²) in [7, 11) is 0. The fourth-order valence-corrected chi connectivity index (χ4v) is 0. The van der Waals surface area contributed by atoms with Crippen molar-refractivity contribution in [1.29, 1.82) is 0 Å². The van der Waals surface area contributed by atoms with E-state index in [1.54, 1.807) is 0 Å². The van der Waals surface area contributed by atoms with E-state index < -0.39 is 0 Å². The van der Waals surface area contributed by atoms with E-state index in [1.165, 1.54) is 0 Å². The van der Waals surface area contributed by atoms with Gasteiger partial charge in [0.25, 0.3) is 0 Å². The molecule has 0 aromatic carbocycles. The molecule has 0 atom stereocenters. The van der Waals surface area contributed by atoms with Crippen molar-refractivity contribution in [1.82, 2.24) is 0 Å². The van der Waals surface area contributed by atoms with Gasteiger partial charge in [-0.3, -0.25) is 0 Å². The first-order valence-electron chi connectivity index (χ1n) is 0.577. The van der Waals surface area contributed by atoms with Gasteiger partial charge in [0.05, 0.1) is 0 Å². The first kappa shape index (κ1) is 4.31. The SMILES string of the molecule is S=C=[N][Co]. The molecule has 1 nitrogen and oxygen atoms in total. The topological polar surface area (TPSA) is 12.4 Å². The molecule has 0 aliphatic heterocycles. The molecule has 0 fully saturated rings. The zero-order valence-electron chi connectivity index (χ0n) is 1.69. The Hall–Kier alpha value is 0.306. The summed E-state index contributed by atoms with van der Waals surface area (Å²) in [4.78, 5) is 0. The summed E-state index contributed by atoms with van der Waals surface area (Å²) in [6.45, 7) is 0. The Kier molecular flexibility index (Phi) is 3.56. The van der Waals surface area contributed by atoms with Crippen molar-refractivity contribution in [2.45, 2.75) is 0 Å². The Balaban J connectivity index is 3.11. The van der Waals surface area contributed by atoms with Gasteiger partial charge in [0, 0.05) is 0 Å². The molecule has 0 saturated carbocycles. The Morgan fingerprint density at radius 3 is 2.25 bits per heavy atom. The monoisotopic (exact) mass is 117 g/mol. The van der Waals surface area contributed by atoms with Crippen LogP contribution >= 0.6 is 12.2 Å². The minimum absolute atomic E-state index is 2.00. The van der Waals surface area contributed by atoms with Crippen LogP contribution in [0.15, 0.2) is 4.04 Å². The van der Waals surface area contributed by atoms with Crippen LogP contribution in [0.4, 0.5) is 0 Å². The predicted octanol–water partition coefficient (Wildman–Crippen LogP) is 0.551. The molecule has 0 unspecified atom stereocenters. The van der Waals surface area contributed by atoms with E-state index in [0.717, 1.165) is 0 Å². The molecule has 3 heteroatoms. The van der Waals surface area contributed by atoms with Crippen LogP contribution in [-0.4, -0.2) is 5.16 Å². The van der Waals surface area contributed by atoms with Gasteiger partial charge in [-0.1, -0.05) is 0 Å². The number of isothiocyanates is 1. The van der Waals surface area contributed by atoms with Crippen molar-refractivity contribution in [2.75, 3.05) is 0 Å². The van der Waals surface area contributed by atoms with E-state index in [4.69, 9.17) is 0 Å². The van der Waals surface area contributed by atoms with E-state index in [1.807, 2.05) is 5.16 Å². The van der Waals surface area contributed by atoms with E-state index in [0.29, 0.717) is 0 Å². The molecule has 0 N–H and O–H groups in total. The van der Waals surface area contributed by atoms with Crippen LogP contribution in [0.3, 0.4) is 0 Å². The summed E-state index contributed by atoms with van der Waals surface area (Å²) in [6, 6.07) is 0. The van der Waals surface area contributed by atoms with Gasteiger partial charge in [-0.05, 0) is 0 Å². The number of thiocarbonyl (C=S) groups is 1. The van der Waals surface area contributed by atoms with Crippen molar-refractivity contribution in [3.05, 3.63) is 0 Å². The third-order valence-corrected chi connectivity index (χ3v) is 0.376. The van der Waals surface area contributed by atoms with Gasteiger partial charge in [-0.25, -0.2) is 0 Å². The maximum absolute atomic E-state index is 4.06. The average Bonchev–Trinajstić information content (AvgIpc) is 1.37. The van der Waals surface area contributed by atoms with Gasteiger partial charge < -0.3 is 0 Å². The van der Waals surface area contributed by atoms with Crippen molar-refractivity contribution in [3.63, 3.8) is 0 Å². The summed E-state index contributed by atoms with van der Waals surface area (Å²) in [5.74, 6) is 0. The van der Waals surface area contributed by atoms with Crippen LogP contribution in [0.2, 0.25) is 0 Å². The Labute approximate surface area is 37.9 Å². The number of nitrogens with zero attached hydrogens (tertiary/aromatic N) is 1. The van der Waals surface area contributed by atoms with Crippen molar-refractivity contribution in [2.24, 2.45) is 4.04 Å². The van der Waals surface area contributed by atoms with Crippen LogP contribution in [0.25, 0.3) is 0 Å². The molecule has 0 radical (unpaired) electrons. The molecular weight excluding hydrogens is 117 g/mol. The molecule has 0 aromatic rings. The predicted molar refractivity (Wildman–Crippen MR) is 15.0 cm³/mol. The molecule has 24 valence electrons. The summed E-state index contributed by atoms with van der Waals surface area (Å²) in [6.07, 6.45) is 0. The van der Waals surface area contributed by atoms with Crippen LogP contribution in [0.5, 0.6) is 0 Å². The van der Waals surface area contributed by atoms with Gasteiger partial charge in [0.2, 0.25) is 0 Å². The van der Waals surface area contributed by atoms with Crippen LogP contribution in [0.1, 0.15) is 0 Å². The van der Waals surface area contributed by atoms with E-state index >= 15 is 0 Å². The van der Waals surface area contributed by atoms with Gasteiger partial charge in [0.15, 0.2) is 0 Å². The van der Waals surface area contributed by atoms with Gasteiger partial charge in [-0.2, -0.15) is 0 Å². The van der Waals surface area contributed by atoms with Crippen molar-refractivity contribution in [3.8, 4) is 0 Å². The van der Waals surface area contributed by atoms with Crippen molar-refractivity contribution < 1.29 is 16.0 Å². The van der Waals surface area contributed by atoms with Crippen molar-refractivity contribution >= 4 is 17.4 Å². The quantitative estimate of drug-likeness (QED) is 0.333.